The number of furan rings is 1. The molecule has 0 fully saturated rings. The number of anilines is 1. The van der Waals surface area contributed by atoms with Crippen molar-refractivity contribution < 1.29 is 13.9 Å². The van der Waals surface area contributed by atoms with Crippen molar-refractivity contribution in [3.63, 3.8) is 0 Å². The third kappa shape index (κ3) is 2.81. The van der Waals surface area contributed by atoms with Gasteiger partial charge in [0, 0.05) is 10.9 Å². The molecule has 0 unspecified atom stereocenters. The Kier molecular flexibility index (Phi) is 3.83. The second kappa shape index (κ2) is 5.93. The number of ether oxygens (including phenoxy) is 1. The van der Waals surface area contributed by atoms with Crippen molar-refractivity contribution in [3.05, 3.63) is 59.9 Å². The van der Waals surface area contributed by atoms with Crippen molar-refractivity contribution in [2.45, 2.75) is 13.3 Å². The molecular formula is C18H17NO3. The normalized spacial score (nSPS) is 10.6. The van der Waals surface area contributed by atoms with Gasteiger partial charge in [-0.3, -0.25) is 4.79 Å². The summed E-state index contributed by atoms with van der Waals surface area (Å²) in [4.78, 5) is 12.3. The molecule has 4 heteroatoms. The molecule has 0 saturated heterocycles. The highest BCUT2D eigenvalue weighted by atomic mass is 16.5. The Morgan fingerprint density at radius 2 is 2.05 bits per heavy atom. The van der Waals surface area contributed by atoms with Gasteiger partial charge in [0.25, 0.3) is 0 Å². The fourth-order valence-electron chi connectivity index (χ4n) is 2.45. The Hall–Kier alpha value is -2.75. The number of methoxy groups -OCH3 is 1. The molecule has 0 aliphatic carbocycles. The predicted molar refractivity (Wildman–Crippen MR) is 86.3 cm³/mol. The summed E-state index contributed by atoms with van der Waals surface area (Å²) in [6.45, 7) is 2.02. The molecule has 3 aromatic rings. The molecule has 0 atom stereocenters. The Labute approximate surface area is 128 Å². The smallest absolute Gasteiger partial charge is 0.229 e. The van der Waals surface area contributed by atoms with Crippen LogP contribution < -0.4 is 10.1 Å². The number of carbonyl (C=O) groups excluding carboxylic acids is 1. The van der Waals surface area contributed by atoms with E-state index in [0.717, 1.165) is 22.1 Å². The van der Waals surface area contributed by atoms with E-state index in [0.29, 0.717) is 11.4 Å². The molecule has 22 heavy (non-hydrogen) atoms. The molecule has 1 amide bonds. The lowest BCUT2D eigenvalue weighted by atomic mass is 10.1. The Balaban J connectivity index is 1.80. The van der Waals surface area contributed by atoms with Crippen LogP contribution in [0.2, 0.25) is 0 Å². The largest absolute Gasteiger partial charge is 0.495 e. The summed E-state index contributed by atoms with van der Waals surface area (Å²) in [6, 6.07) is 13.3. The van der Waals surface area contributed by atoms with Gasteiger partial charge in [0.05, 0.1) is 25.5 Å². The molecule has 4 nitrogen and oxygen atoms in total. The number of rotatable bonds is 4. The molecule has 0 saturated carbocycles. The van der Waals surface area contributed by atoms with Crippen molar-refractivity contribution in [2.24, 2.45) is 0 Å². The average Bonchev–Trinajstić information content (AvgIpc) is 2.90. The Bertz CT molecular complexity index is 820. The van der Waals surface area contributed by atoms with E-state index in [9.17, 15) is 4.79 Å². The SMILES string of the molecule is COc1ccccc1NC(=O)Cc1coc2ccc(C)cc12. The molecule has 0 spiro atoms. The lowest BCUT2D eigenvalue weighted by Gasteiger charge is -2.09. The van der Waals surface area contributed by atoms with Crippen LogP contribution in [0, 0.1) is 6.92 Å². The van der Waals surface area contributed by atoms with Crippen LogP contribution in [0.3, 0.4) is 0 Å². The number of benzene rings is 2. The number of carbonyl (C=O) groups is 1. The van der Waals surface area contributed by atoms with Crippen molar-refractivity contribution in [3.8, 4) is 5.75 Å². The molecular weight excluding hydrogens is 278 g/mol. The molecule has 1 aromatic heterocycles. The van der Waals surface area contributed by atoms with Crippen LogP contribution in [0.1, 0.15) is 11.1 Å². The standard InChI is InChI=1S/C18H17NO3/c1-12-7-8-16-14(9-12)13(11-22-16)10-18(20)19-15-5-3-4-6-17(15)21-2/h3-9,11H,10H2,1-2H3,(H,19,20). The monoisotopic (exact) mass is 295 g/mol. The minimum Gasteiger partial charge on any atom is -0.495 e. The Morgan fingerprint density at radius 1 is 1.23 bits per heavy atom. The van der Waals surface area contributed by atoms with Gasteiger partial charge < -0.3 is 14.5 Å². The number of amides is 1. The van der Waals surface area contributed by atoms with Gasteiger partial charge in [-0.15, -0.1) is 0 Å². The molecule has 0 bridgehead atoms. The summed E-state index contributed by atoms with van der Waals surface area (Å²) in [5.41, 5.74) is 3.48. The van der Waals surface area contributed by atoms with Crippen LogP contribution in [-0.2, 0) is 11.2 Å². The first-order chi connectivity index (χ1) is 10.7. The highest BCUT2D eigenvalue weighted by Crippen LogP contribution is 2.25. The van der Waals surface area contributed by atoms with Gasteiger partial charge >= 0.3 is 0 Å². The fraction of sp³-hybridized carbons (Fsp3) is 0.167. The maximum Gasteiger partial charge on any atom is 0.229 e. The first-order valence-corrected chi connectivity index (χ1v) is 7.07. The molecule has 3 rings (SSSR count). The molecule has 0 aliphatic heterocycles. The van der Waals surface area contributed by atoms with E-state index in [1.807, 2.05) is 49.4 Å². The maximum absolute atomic E-state index is 12.3. The number of para-hydroxylation sites is 2. The highest BCUT2D eigenvalue weighted by molar-refractivity contribution is 5.96. The van der Waals surface area contributed by atoms with Crippen LogP contribution in [-0.4, -0.2) is 13.0 Å². The minimum absolute atomic E-state index is 0.103. The van der Waals surface area contributed by atoms with E-state index >= 15 is 0 Å². The van der Waals surface area contributed by atoms with Crippen LogP contribution in [0.25, 0.3) is 11.0 Å². The van der Waals surface area contributed by atoms with E-state index in [4.69, 9.17) is 9.15 Å². The summed E-state index contributed by atoms with van der Waals surface area (Å²) in [5, 5.41) is 3.86. The number of aryl methyl sites for hydroxylation is 1. The minimum atomic E-state index is -0.103. The van der Waals surface area contributed by atoms with Gasteiger partial charge in [-0.2, -0.15) is 0 Å². The number of hydrogen-bond acceptors (Lipinski definition) is 3. The van der Waals surface area contributed by atoms with Crippen molar-refractivity contribution in [1.82, 2.24) is 0 Å². The molecule has 112 valence electrons. The van der Waals surface area contributed by atoms with Gasteiger partial charge in [0.15, 0.2) is 0 Å². The first kappa shape index (κ1) is 14.2. The second-order valence-electron chi connectivity index (χ2n) is 5.19. The fourth-order valence-corrected chi connectivity index (χ4v) is 2.45. The Morgan fingerprint density at radius 3 is 2.86 bits per heavy atom. The predicted octanol–water partition coefficient (Wildman–Crippen LogP) is 3.93. The lowest BCUT2D eigenvalue weighted by molar-refractivity contribution is -0.115. The topological polar surface area (TPSA) is 51.5 Å². The molecule has 1 heterocycles. The van der Waals surface area contributed by atoms with Crippen molar-refractivity contribution in [2.75, 3.05) is 12.4 Å². The molecule has 0 radical (unpaired) electrons. The van der Waals surface area contributed by atoms with E-state index in [-0.39, 0.29) is 12.3 Å². The van der Waals surface area contributed by atoms with Gasteiger partial charge in [0.2, 0.25) is 5.91 Å². The summed E-state index contributed by atoms with van der Waals surface area (Å²) < 4.78 is 10.7. The van der Waals surface area contributed by atoms with Crippen LogP contribution in [0.15, 0.2) is 53.1 Å². The van der Waals surface area contributed by atoms with Crippen LogP contribution in [0.5, 0.6) is 5.75 Å². The zero-order valence-electron chi connectivity index (χ0n) is 12.6. The zero-order valence-corrected chi connectivity index (χ0v) is 12.6. The van der Waals surface area contributed by atoms with Crippen molar-refractivity contribution >= 4 is 22.6 Å². The van der Waals surface area contributed by atoms with Gasteiger partial charge in [-0.05, 0) is 31.2 Å². The van der Waals surface area contributed by atoms with Gasteiger partial charge in [-0.25, -0.2) is 0 Å². The second-order valence-corrected chi connectivity index (χ2v) is 5.19. The zero-order chi connectivity index (χ0) is 15.5. The highest BCUT2D eigenvalue weighted by Gasteiger charge is 2.12. The summed E-state index contributed by atoms with van der Waals surface area (Å²) in [7, 11) is 1.58. The summed E-state index contributed by atoms with van der Waals surface area (Å²) in [6.07, 6.45) is 1.90. The molecule has 0 aliphatic rings. The van der Waals surface area contributed by atoms with E-state index in [1.165, 1.54) is 0 Å². The van der Waals surface area contributed by atoms with E-state index < -0.39 is 0 Å². The summed E-state index contributed by atoms with van der Waals surface area (Å²) >= 11 is 0. The van der Waals surface area contributed by atoms with Crippen LogP contribution in [0.4, 0.5) is 5.69 Å². The third-order valence-electron chi connectivity index (χ3n) is 3.54. The number of hydrogen-bond donors (Lipinski definition) is 1. The maximum atomic E-state index is 12.3. The van der Waals surface area contributed by atoms with E-state index in [1.54, 1.807) is 13.4 Å². The molecule has 1 N–H and O–H groups in total. The average molecular weight is 295 g/mol. The number of fused-ring (bicyclic) bond motifs is 1. The van der Waals surface area contributed by atoms with E-state index in [2.05, 4.69) is 5.32 Å². The van der Waals surface area contributed by atoms with Gasteiger partial charge in [-0.1, -0.05) is 23.8 Å². The summed E-state index contributed by atoms with van der Waals surface area (Å²) in [5.74, 6) is 0.539. The molecule has 2 aromatic carbocycles. The van der Waals surface area contributed by atoms with Crippen LogP contribution >= 0.6 is 0 Å². The van der Waals surface area contributed by atoms with Crippen molar-refractivity contribution in [1.29, 1.82) is 0 Å². The lowest BCUT2D eigenvalue weighted by Crippen LogP contribution is -2.14. The quantitative estimate of drug-likeness (QED) is 0.793. The third-order valence-corrected chi connectivity index (χ3v) is 3.54. The first-order valence-electron chi connectivity index (χ1n) is 7.07. The van der Waals surface area contributed by atoms with Gasteiger partial charge in [0.1, 0.15) is 11.3 Å². The number of nitrogens with one attached hydrogen (secondary N) is 1.